The second kappa shape index (κ2) is 12.3. The second-order valence-corrected chi connectivity index (χ2v) is 11.3. The number of carbonyl (C=O) groups is 2. The van der Waals surface area contributed by atoms with Crippen LogP contribution in [0.15, 0.2) is 77.5 Å². The summed E-state index contributed by atoms with van der Waals surface area (Å²) in [6.45, 7) is 0. The molecule has 9 nitrogen and oxygen atoms in total. The van der Waals surface area contributed by atoms with Gasteiger partial charge in [0.25, 0.3) is 0 Å². The Morgan fingerprint density at radius 3 is 2.32 bits per heavy atom. The van der Waals surface area contributed by atoms with Crippen LogP contribution < -0.4 is 10.0 Å². The van der Waals surface area contributed by atoms with Crippen LogP contribution >= 0.6 is 22.7 Å². The molecule has 2 aromatic carbocycles. The third-order valence-corrected chi connectivity index (χ3v) is 7.98. The summed E-state index contributed by atoms with van der Waals surface area (Å²) in [5.41, 5.74) is 2.59. The van der Waals surface area contributed by atoms with E-state index in [2.05, 4.69) is 5.32 Å². The van der Waals surface area contributed by atoms with Crippen LogP contribution in [-0.4, -0.2) is 36.9 Å². The lowest BCUT2D eigenvalue weighted by atomic mass is 9.97. The molecule has 1 amide bonds. The van der Waals surface area contributed by atoms with Gasteiger partial charge in [0.15, 0.2) is 0 Å². The number of esters is 1. The van der Waals surface area contributed by atoms with Gasteiger partial charge in [-0.15, -0.1) is 22.7 Å². The zero-order valence-electron chi connectivity index (χ0n) is 20.2. The van der Waals surface area contributed by atoms with Crippen molar-refractivity contribution in [2.75, 3.05) is 11.8 Å². The molecule has 2 atom stereocenters. The lowest BCUT2D eigenvalue weighted by Crippen LogP contribution is -2.40. The lowest BCUT2D eigenvalue weighted by molar-refractivity contribution is -0.150. The third kappa shape index (κ3) is 7.48. The molecule has 0 aliphatic heterocycles. The van der Waals surface area contributed by atoms with Crippen LogP contribution in [0.25, 0.3) is 10.6 Å². The zero-order chi connectivity index (χ0) is 27.1. The van der Waals surface area contributed by atoms with Crippen LogP contribution in [0.1, 0.15) is 22.2 Å². The maximum atomic E-state index is 13.4. The minimum absolute atomic E-state index is 0.181. The first-order valence-corrected chi connectivity index (χ1v) is 14.7. The van der Waals surface area contributed by atoms with Gasteiger partial charge in [-0.3, -0.25) is 18.9 Å². The van der Waals surface area contributed by atoms with Gasteiger partial charge in [0.1, 0.15) is 10.9 Å². The van der Waals surface area contributed by atoms with E-state index in [1.807, 2.05) is 57.9 Å². The first-order chi connectivity index (χ1) is 18.2. The summed E-state index contributed by atoms with van der Waals surface area (Å²) in [4.78, 5) is 31.7. The molecule has 0 spiro atoms. The highest BCUT2D eigenvalue weighted by molar-refractivity contribution is 7.87. The summed E-state index contributed by atoms with van der Waals surface area (Å²) in [7, 11) is -3.14. The molecule has 0 saturated carbocycles. The molecule has 12 heteroatoms. The molecule has 4 aromatic rings. The standard InChI is InChI=1S/C26H25N3O6S3/c1-35-26(31)20(14-17-6-3-2-4-7-17)24(30)27-21(25-28-22(16-37-25)23-8-5-13-36-23)15-18-9-11-19(12-10-18)29-38(32,33)34/h2-13,16,20-21,29H,14-15H2,1H3,(H,27,30)(H,32,33,34)/t20-,21?/m0/s1. The molecule has 2 heterocycles. The van der Waals surface area contributed by atoms with Crippen LogP contribution in [0.5, 0.6) is 0 Å². The highest BCUT2D eigenvalue weighted by Crippen LogP contribution is 2.30. The maximum Gasteiger partial charge on any atom is 0.357 e. The fraction of sp³-hybridized carbons (Fsp3) is 0.192. The molecule has 4 rings (SSSR count). The first-order valence-electron chi connectivity index (χ1n) is 11.5. The number of nitrogens with one attached hydrogen (secondary N) is 2. The van der Waals surface area contributed by atoms with Crippen molar-refractivity contribution in [3.63, 3.8) is 0 Å². The zero-order valence-corrected chi connectivity index (χ0v) is 22.7. The van der Waals surface area contributed by atoms with Gasteiger partial charge in [-0.1, -0.05) is 48.5 Å². The summed E-state index contributed by atoms with van der Waals surface area (Å²) >= 11 is 2.96. The van der Waals surface area contributed by atoms with Gasteiger partial charge < -0.3 is 10.1 Å². The highest BCUT2D eigenvalue weighted by Gasteiger charge is 2.31. The van der Waals surface area contributed by atoms with E-state index in [9.17, 15) is 18.0 Å². The lowest BCUT2D eigenvalue weighted by Gasteiger charge is -2.21. The van der Waals surface area contributed by atoms with Crippen molar-refractivity contribution >= 4 is 50.5 Å². The van der Waals surface area contributed by atoms with E-state index in [1.165, 1.54) is 30.6 Å². The maximum absolute atomic E-state index is 13.4. The average Bonchev–Trinajstić information content (AvgIpc) is 3.60. The Bertz CT molecular complexity index is 1470. The minimum atomic E-state index is -4.40. The molecular formula is C26H25N3O6S3. The van der Waals surface area contributed by atoms with Gasteiger partial charge in [0, 0.05) is 5.38 Å². The number of ether oxygens (including phenoxy) is 1. The van der Waals surface area contributed by atoms with Gasteiger partial charge in [0.2, 0.25) is 5.91 Å². The number of methoxy groups -OCH3 is 1. The summed E-state index contributed by atoms with van der Waals surface area (Å²) < 4.78 is 38.1. The summed E-state index contributed by atoms with van der Waals surface area (Å²) in [5, 5.41) is 7.52. The number of rotatable bonds is 11. The second-order valence-electron chi connectivity index (χ2n) is 8.35. The molecule has 0 aliphatic rings. The topological polar surface area (TPSA) is 135 Å². The fourth-order valence-corrected chi connectivity index (χ4v) is 5.89. The molecule has 0 bridgehead atoms. The van der Waals surface area contributed by atoms with Gasteiger partial charge in [-0.05, 0) is 47.5 Å². The van der Waals surface area contributed by atoms with Crippen molar-refractivity contribution in [2.45, 2.75) is 18.9 Å². The van der Waals surface area contributed by atoms with Crippen LogP contribution in [0.4, 0.5) is 5.69 Å². The highest BCUT2D eigenvalue weighted by atomic mass is 32.2. The van der Waals surface area contributed by atoms with Gasteiger partial charge in [-0.25, -0.2) is 4.98 Å². The van der Waals surface area contributed by atoms with E-state index < -0.39 is 34.1 Å². The Kier molecular flexibility index (Phi) is 8.89. The number of hydrogen-bond acceptors (Lipinski definition) is 8. The minimum Gasteiger partial charge on any atom is -0.468 e. The largest absolute Gasteiger partial charge is 0.468 e. The van der Waals surface area contributed by atoms with Crippen molar-refractivity contribution in [3.8, 4) is 10.6 Å². The number of carbonyl (C=O) groups excluding carboxylic acids is 2. The monoisotopic (exact) mass is 571 g/mol. The number of benzene rings is 2. The summed E-state index contributed by atoms with van der Waals surface area (Å²) in [6.07, 6.45) is 0.509. The molecule has 1 unspecified atom stereocenters. The normalized spacial score (nSPS) is 12.9. The molecular weight excluding hydrogens is 547 g/mol. The van der Waals surface area contributed by atoms with Crippen LogP contribution in [-0.2, 0) is 37.5 Å². The van der Waals surface area contributed by atoms with Gasteiger partial charge in [0.05, 0.1) is 29.4 Å². The molecule has 0 saturated heterocycles. The van der Waals surface area contributed by atoms with Crippen molar-refractivity contribution in [3.05, 3.63) is 93.6 Å². The summed E-state index contributed by atoms with van der Waals surface area (Å²) in [6, 6.07) is 18.9. The van der Waals surface area contributed by atoms with Crippen molar-refractivity contribution < 1.29 is 27.3 Å². The summed E-state index contributed by atoms with van der Waals surface area (Å²) in [5.74, 6) is -2.17. The number of thiophene rings is 1. The molecule has 0 aliphatic carbocycles. The average molecular weight is 572 g/mol. The Morgan fingerprint density at radius 1 is 0.974 bits per heavy atom. The molecule has 3 N–H and O–H groups in total. The number of anilines is 1. The molecule has 198 valence electrons. The van der Waals surface area contributed by atoms with Crippen LogP contribution in [0, 0.1) is 5.92 Å². The van der Waals surface area contributed by atoms with Crippen molar-refractivity contribution in [1.29, 1.82) is 0 Å². The molecule has 2 aromatic heterocycles. The Balaban J connectivity index is 1.59. The number of nitrogens with zero attached hydrogens (tertiary/aromatic N) is 1. The Hall–Kier alpha value is -3.58. The Labute approximate surface area is 228 Å². The smallest absolute Gasteiger partial charge is 0.357 e. The number of aromatic nitrogens is 1. The molecule has 0 radical (unpaired) electrons. The van der Waals surface area contributed by atoms with E-state index >= 15 is 0 Å². The number of amides is 1. The third-order valence-electron chi connectivity index (χ3n) is 5.64. The van der Waals surface area contributed by atoms with Gasteiger partial charge in [-0.2, -0.15) is 8.42 Å². The van der Waals surface area contributed by atoms with Crippen molar-refractivity contribution in [1.82, 2.24) is 10.3 Å². The fourth-order valence-electron chi connectivity index (χ4n) is 3.83. The predicted octanol–water partition coefficient (Wildman–Crippen LogP) is 4.52. The van der Waals surface area contributed by atoms with Crippen LogP contribution in [0.2, 0.25) is 0 Å². The number of thiazole rings is 1. The van der Waals surface area contributed by atoms with E-state index in [1.54, 1.807) is 23.5 Å². The molecule has 0 fully saturated rings. The predicted molar refractivity (Wildman–Crippen MR) is 147 cm³/mol. The van der Waals surface area contributed by atoms with Crippen molar-refractivity contribution in [2.24, 2.45) is 5.92 Å². The number of hydrogen-bond donors (Lipinski definition) is 3. The van der Waals surface area contributed by atoms with E-state index in [0.717, 1.165) is 21.7 Å². The van der Waals surface area contributed by atoms with Gasteiger partial charge >= 0.3 is 16.3 Å². The van der Waals surface area contributed by atoms with E-state index in [-0.39, 0.29) is 12.1 Å². The quantitative estimate of drug-likeness (QED) is 0.137. The van der Waals surface area contributed by atoms with E-state index in [4.69, 9.17) is 14.3 Å². The Morgan fingerprint density at radius 2 is 1.68 bits per heavy atom. The SMILES string of the molecule is COC(=O)[C@@H](Cc1ccccc1)C(=O)NC(Cc1ccc(NS(=O)(=O)O)cc1)c1nc(-c2cccs2)cs1. The van der Waals surface area contributed by atoms with Crippen LogP contribution in [0.3, 0.4) is 0 Å². The molecule has 38 heavy (non-hydrogen) atoms. The van der Waals surface area contributed by atoms with E-state index in [0.29, 0.717) is 11.4 Å². The first kappa shape index (κ1) is 27.5.